The molecule has 13 heavy (non-hydrogen) atoms. The van der Waals surface area contributed by atoms with Gasteiger partial charge in [-0.05, 0) is 0 Å². The molecule has 0 aliphatic carbocycles. The van der Waals surface area contributed by atoms with E-state index >= 15 is 0 Å². The Balaban J connectivity index is 2.34. The van der Waals surface area contributed by atoms with Crippen molar-refractivity contribution in [1.29, 1.82) is 0 Å². The largest absolute Gasteiger partial charge is 0.365 e. The average molecular weight is 200 g/mol. The van der Waals surface area contributed by atoms with E-state index in [1.165, 1.54) is 5.51 Å². The summed E-state index contributed by atoms with van der Waals surface area (Å²) in [6, 6.07) is -0.686. The van der Waals surface area contributed by atoms with Gasteiger partial charge in [-0.3, -0.25) is 4.79 Å². The molecule has 1 saturated heterocycles. The highest BCUT2D eigenvalue weighted by molar-refractivity contribution is 7.13. The topological polar surface area (TPSA) is 95.4 Å². The van der Waals surface area contributed by atoms with Gasteiger partial charge in [0.2, 0.25) is 11.4 Å². The van der Waals surface area contributed by atoms with Crippen molar-refractivity contribution in [3.8, 4) is 0 Å². The summed E-state index contributed by atoms with van der Waals surface area (Å²) >= 11 is 1.04. The van der Waals surface area contributed by atoms with Crippen LogP contribution in [-0.4, -0.2) is 33.5 Å². The summed E-state index contributed by atoms with van der Waals surface area (Å²) in [5.41, 5.74) is 1.39. The lowest BCUT2D eigenvalue weighted by Gasteiger charge is -2.05. The highest BCUT2D eigenvalue weighted by atomic mass is 32.1. The number of hydrogen-bond acceptors (Lipinski definition) is 6. The molecule has 1 atom stereocenters. The number of nitrogens with one attached hydrogen (secondary N) is 1. The van der Waals surface area contributed by atoms with Gasteiger partial charge in [-0.15, -0.1) is 10.2 Å². The van der Waals surface area contributed by atoms with Crippen LogP contribution in [0.5, 0.6) is 0 Å². The van der Waals surface area contributed by atoms with Gasteiger partial charge in [0.15, 0.2) is 0 Å². The van der Waals surface area contributed by atoms with E-state index in [9.17, 15) is 9.59 Å². The molecule has 1 unspecified atom stereocenters. The smallest absolute Gasteiger partial charge is 0.333 e. The first-order valence-corrected chi connectivity index (χ1v) is 4.17. The first kappa shape index (κ1) is 8.08. The molecule has 1 aliphatic rings. The number of aliphatic hydroxyl groups excluding tert-OH is 1. The normalized spacial score (nSPS) is 22.2. The molecule has 2 N–H and O–H groups in total. The van der Waals surface area contributed by atoms with Crippen LogP contribution in [0.4, 0.5) is 9.93 Å². The van der Waals surface area contributed by atoms with Crippen molar-refractivity contribution in [1.82, 2.24) is 15.5 Å². The van der Waals surface area contributed by atoms with Crippen LogP contribution in [-0.2, 0) is 4.79 Å². The second kappa shape index (κ2) is 2.75. The maximum Gasteiger partial charge on any atom is 0.333 e. The van der Waals surface area contributed by atoms with Crippen LogP contribution in [0.25, 0.3) is 0 Å². The summed E-state index contributed by atoms with van der Waals surface area (Å²) in [6.07, 6.45) is -1.48. The Morgan fingerprint density at radius 3 is 2.85 bits per heavy atom. The Hall–Kier alpha value is -1.54. The molecule has 1 aliphatic heterocycles. The molecule has 2 heterocycles. The monoisotopic (exact) mass is 200 g/mol. The maximum absolute atomic E-state index is 11.1. The number of hydrogen-bond donors (Lipinski definition) is 2. The zero-order valence-corrected chi connectivity index (χ0v) is 6.98. The van der Waals surface area contributed by atoms with Crippen molar-refractivity contribution < 1.29 is 14.7 Å². The zero-order chi connectivity index (χ0) is 9.42. The average Bonchev–Trinajstić information content (AvgIpc) is 2.63. The van der Waals surface area contributed by atoms with E-state index in [0.29, 0.717) is 0 Å². The number of nitrogens with zero attached hydrogens (tertiary/aromatic N) is 3. The zero-order valence-electron chi connectivity index (χ0n) is 6.17. The summed E-state index contributed by atoms with van der Waals surface area (Å²) in [5.74, 6) is -0.734. The molecule has 8 heteroatoms. The van der Waals surface area contributed by atoms with Crippen LogP contribution in [0.2, 0.25) is 0 Å². The SMILES string of the molecule is O=C1NC(O)C(=O)N1c1nncs1. The van der Waals surface area contributed by atoms with Crippen LogP contribution in [0.15, 0.2) is 5.51 Å². The van der Waals surface area contributed by atoms with Gasteiger partial charge < -0.3 is 10.4 Å². The standard InChI is InChI=1S/C5H4N4O3S/c10-2-3(11)9(4(12)7-2)5-8-6-1-13-5/h1-2,10H,(H,7,12). The Bertz CT molecular complexity index is 351. The van der Waals surface area contributed by atoms with E-state index in [1.54, 1.807) is 0 Å². The minimum Gasteiger partial charge on any atom is -0.365 e. The fraction of sp³-hybridized carbons (Fsp3) is 0.200. The molecule has 0 spiro atoms. The van der Waals surface area contributed by atoms with Gasteiger partial charge in [-0.2, -0.15) is 0 Å². The van der Waals surface area contributed by atoms with E-state index < -0.39 is 18.2 Å². The van der Waals surface area contributed by atoms with Crippen molar-refractivity contribution in [2.75, 3.05) is 4.90 Å². The molecule has 3 amide bonds. The number of carbonyl (C=O) groups is 2. The molecule has 1 fully saturated rings. The van der Waals surface area contributed by atoms with Crippen LogP contribution >= 0.6 is 11.3 Å². The number of imide groups is 1. The second-order valence-corrected chi connectivity index (χ2v) is 3.06. The van der Waals surface area contributed by atoms with Gasteiger partial charge in [0, 0.05) is 0 Å². The quantitative estimate of drug-likeness (QED) is 0.562. The van der Waals surface area contributed by atoms with E-state index in [2.05, 4.69) is 10.2 Å². The van der Waals surface area contributed by atoms with E-state index in [0.717, 1.165) is 16.2 Å². The molecule has 7 nitrogen and oxygen atoms in total. The number of aliphatic hydroxyl groups is 1. The lowest BCUT2D eigenvalue weighted by atomic mass is 10.5. The van der Waals surface area contributed by atoms with Crippen molar-refractivity contribution in [2.45, 2.75) is 6.23 Å². The van der Waals surface area contributed by atoms with Crippen LogP contribution in [0, 0.1) is 0 Å². The summed E-state index contributed by atoms with van der Waals surface area (Å²) in [4.78, 5) is 23.0. The molecule has 0 bridgehead atoms. The fourth-order valence-electron chi connectivity index (χ4n) is 0.911. The third-order valence-corrected chi connectivity index (χ3v) is 2.13. The first-order chi connectivity index (χ1) is 6.20. The van der Waals surface area contributed by atoms with Gasteiger partial charge in [-0.1, -0.05) is 11.3 Å². The Morgan fingerprint density at radius 1 is 1.62 bits per heavy atom. The maximum atomic E-state index is 11.1. The number of anilines is 1. The molecular formula is C5H4N4O3S. The highest BCUT2D eigenvalue weighted by Crippen LogP contribution is 2.19. The second-order valence-electron chi connectivity index (χ2n) is 2.25. The molecular weight excluding hydrogens is 196 g/mol. The van der Waals surface area contributed by atoms with E-state index in [1.807, 2.05) is 5.32 Å². The third kappa shape index (κ3) is 1.15. The minimum absolute atomic E-state index is 0.152. The summed E-state index contributed by atoms with van der Waals surface area (Å²) in [7, 11) is 0. The summed E-state index contributed by atoms with van der Waals surface area (Å²) in [6.45, 7) is 0. The molecule has 0 saturated carbocycles. The first-order valence-electron chi connectivity index (χ1n) is 3.29. The third-order valence-electron chi connectivity index (χ3n) is 1.46. The minimum atomic E-state index is -1.48. The van der Waals surface area contributed by atoms with Crippen LogP contribution in [0.3, 0.4) is 0 Å². The number of carbonyl (C=O) groups excluding carboxylic acids is 2. The predicted octanol–water partition coefficient (Wildman–Crippen LogP) is -1.09. The van der Waals surface area contributed by atoms with E-state index in [4.69, 9.17) is 5.11 Å². The van der Waals surface area contributed by atoms with Gasteiger partial charge in [0.25, 0.3) is 5.91 Å². The van der Waals surface area contributed by atoms with Crippen molar-refractivity contribution in [2.24, 2.45) is 0 Å². The van der Waals surface area contributed by atoms with Crippen molar-refractivity contribution in [3.63, 3.8) is 0 Å². The molecule has 0 aromatic carbocycles. The lowest BCUT2D eigenvalue weighted by molar-refractivity contribution is -0.124. The molecule has 1 aromatic rings. The van der Waals surface area contributed by atoms with Crippen LogP contribution in [0.1, 0.15) is 0 Å². The molecule has 1 aromatic heterocycles. The Kier molecular flexibility index (Phi) is 1.71. The van der Waals surface area contributed by atoms with Gasteiger partial charge >= 0.3 is 6.03 Å². The van der Waals surface area contributed by atoms with Crippen molar-refractivity contribution >= 4 is 28.4 Å². The Morgan fingerprint density at radius 2 is 2.38 bits per heavy atom. The number of urea groups is 1. The summed E-state index contributed by atoms with van der Waals surface area (Å²) in [5, 5.41) is 18.2. The lowest BCUT2D eigenvalue weighted by Crippen LogP contribution is -2.31. The molecule has 0 radical (unpaired) electrons. The molecule has 68 valence electrons. The molecule has 2 rings (SSSR count). The number of rotatable bonds is 1. The summed E-state index contributed by atoms with van der Waals surface area (Å²) < 4.78 is 0. The van der Waals surface area contributed by atoms with Gasteiger partial charge in [-0.25, -0.2) is 9.69 Å². The fourth-order valence-corrected chi connectivity index (χ4v) is 1.47. The number of aromatic nitrogens is 2. The van der Waals surface area contributed by atoms with E-state index in [-0.39, 0.29) is 5.13 Å². The van der Waals surface area contributed by atoms with Crippen molar-refractivity contribution in [3.05, 3.63) is 5.51 Å². The van der Waals surface area contributed by atoms with Gasteiger partial charge in [0.1, 0.15) is 5.51 Å². The van der Waals surface area contributed by atoms with Crippen LogP contribution < -0.4 is 10.2 Å². The Labute approximate surface area is 76.0 Å². The number of amides is 3. The predicted molar refractivity (Wildman–Crippen MR) is 41.9 cm³/mol. The van der Waals surface area contributed by atoms with Gasteiger partial charge in [0.05, 0.1) is 0 Å². The highest BCUT2D eigenvalue weighted by Gasteiger charge is 2.39.